The predicted octanol–water partition coefficient (Wildman–Crippen LogP) is 3.99. The first kappa shape index (κ1) is 13.0. The zero-order chi connectivity index (χ0) is 14.8. The molecule has 2 fully saturated rings. The summed E-state index contributed by atoms with van der Waals surface area (Å²) in [6.45, 7) is 2.42. The number of benzene rings is 1. The van der Waals surface area contributed by atoms with Gasteiger partial charge >= 0.3 is 5.97 Å². The molecule has 1 aromatic rings. The number of carboxylic acids is 1. The molecule has 0 bridgehead atoms. The number of carbonyl (C=O) groups is 1. The Hall–Kier alpha value is -1.51. The first-order chi connectivity index (χ1) is 10.7. The van der Waals surface area contributed by atoms with Crippen molar-refractivity contribution in [3.8, 4) is 0 Å². The highest BCUT2D eigenvalue weighted by Gasteiger charge is 2.44. The van der Waals surface area contributed by atoms with E-state index in [1.807, 2.05) is 12.1 Å². The molecule has 0 radical (unpaired) electrons. The summed E-state index contributed by atoms with van der Waals surface area (Å²) in [6, 6.07) is 4.01. The molecule has 0 aromatic heterocycles. The SMILES string of the molecule is O=C(O)c1cc2c3c(c1)[C@@H]1CCC[C@H]1CN3C[C@H]1CCC[C@@H]21. The molecule has 0 spiro atoms. The van der Waals surface area contributed by atoms with Gasteiger partial charge in [-0.15, -0.1) is 0 Å². The van der Waals surface area contributed by atoms with Crippen molar-refractivity contribution in [2.24, 2.45) is 11.8 Å². The van der Waals surface area contributed by atoms with Crippen molar-refractivity contribution in [3.05, 3.63) is 28.8 Å². The van der Waals surface area contributed by atoms with Crippen LogP contribution in [0.4, 0.5) is 5.69 Å². The monoisotopic (exact) mass is 297 g/mol. The summed E-state index contributed by atoms with van der Waals surface area (Å²) in [5.41, 5.74) is 4.70. The lowest BCUT2D eigenvalue weighted by Gasteiger charge is -2.46. The van der Waals surface area contributed by atoms with E-state index in [9.17, 15) is 9.90 Å². The quantitative estimate of drug-likeness (QED) is 0.852. The largest absolute Gasteiger partial charge is 0.478 e. The summed E-state index contributed by atoms with van der Waals surface area (Å²) >= 11 is 0. The molecule has 0 amide bonds. The van der Waals surface area contributed by atoms with Crippen LogP contribution in [0.25, 0.3) is 0 Å². The van der Waals surface area contributed by atoms with Gasteiger partial charge in [-0.25, -0.2) is 4.79 Å². The smallest absolute Gasteiger partial charge is 0.335 e. The molecular weight excluding hydrogens is 274 g/mol. The number of aromatic carboxylic acids is 1. The van der Waals surface area contributed by atoms with Gasteiger partial charge in [0.05, 0.1) is 5.56 Å². The van der Waals surface area contributed by atoms with Crippen LogP contribution < -0.4 is 4.90 Å². The second kappa shape index (κ2) is 4.50. The standard InChI is InChI=1S/C19H23NO2/c21-19(22)13-7-16-14-5-1-3-11(14)9-20-10-12-4-2-6-15(12)17(8-13)18(16)20/h7-8,11-12,14-15H,1-6,9-10H2,(H,21,22)/t11-,12+,14-,15-/m1/s1. The van der Waals surface area contributed by atoms with Gasteiger partial charge in [0.1, 0.15) is 0 Å². The Labute approximate surface area is 131 Å². The van der Waals surface area contributed by atoms with E-state index in [4.69, 9.17) is 0 Å². The maximum atomic E-state index is 11.6. The number of hydrogen-bond donors (Lipinski definition) is 1. The number of hydrogen-bond acceptors (Lipinski definition) is 2. The zero-order valence-electron chi connectivity index (χ0n) is 12.9. The lowest BCUT2D eigenvalue weighted by atomic mass is 9.74. The molecule has 22 heavy (non-hydrogen) atoms. The minimum absolute atomic E-state index is 0.522. The van der Waals surface area contributed by atoms with E-state index >= 15 is 0 Å². The minimum atomic E-state index is -0.758. The van der Waals surface area contributed by atoms with Crippen molar-refractivity contribution in [3.63, 3.8) is 0 Å². The molecule has 5 rings (SSSR count). The average molecular weight is 297 g/mol. The van der Waals surface area contributed by atoms with Gasteiger partial charge in [-0.2, -0.15) is 0 Å². The Kier molecular flexibility index (Phi) is 2.65. The van der Waals surface area contributed by atoms with Crippen molar-refractivity contribution >= 4 is 11.7 Å². The Morgan fingerprint density at radius 3 is 2.00 bits per heavy atom. The Morgan fingerprint density at radius 2 is 1.50 bits per heavy atom. The molecular formula is C19H23NO2. The third kappa shape index (κ3) is 1.65. The highest BCUT2D eigenvalue weighted by Crippen LogP contribution is 2.55. The van der Waals surface area contributed by atoms with Crippen LogP contribution in [0.1, 0.15) is 71.8 Å². The molecule has 1 N–H and O–H groups in total. The van der Waals surface area contributed by atoms with E-state index in [-0.39, 0.29) is 0 Å². The van der Waals surface area contributed by atoms with E-state index < -0.39 is 5.97 Å². The van der Waals surface area contributed by atoms with Gasteiger partial charge in [-0.1, -0.05) is 12.8 Å². The maximum Gasteiger partial charge on any atom is 0.335 e. The molecule has 2 aliphatic heterocycles. The fourth-order valence-electron chi connectivity index (χ4n) is 5.89. The van der Waals surface area contributed by atoms with Gasteiger partial charge in [0.25, 0.3) is 0 Å². The van der Waals surface area contributed by atoms with Crippen molar-refractivity contribution in [1.29, 1.82) is 0 Å². The Balaban J connectivity index is 1.74. The van der Waals surface area contributed by atoms with Crippen LogP contribution in [0.3, 0.4) is 0 Å². The van der Waals surface area contributed by atoms with Gasteiger partial charge in [-0.3, -0.25) is 0 Å². The minimum Gasteiger partial charge on any atom is -0.478 e. The summed E-state index contributed by atoms with van der Waals surface area (Å²) in [7, 11) is 0. The van der Waals surface area contributed by atoms with Crippen LogP contribution in [-0.4, -0.2) is 24.2 Å². The van der Waals surface area contributed by atoms with E-state index in [1.54, 1.807) is 0 Å². The average Bonchev–Trinajstić information content (AvgIpc) is 3.15. The topological polar surface area (TPSA) is 40.5 Å². The molecule has 4 aliphatic rings. The fraction of sp³-hybridized carbons (Fsp3) is 0.632. The number of fused-ring (bicyclic) bond motifs is 4. The van der Waals surface area contributed by atoms with Gasteiger partial charge in [-0.05, 0) is 72.6 Å². The fourth-order valence-corrected chi connectivity index (χ4v) is 5.89. The number of anilines is 1. The van der Waals surface area contributed by atoms with Crippen LogP contribution in [-0.2, 0) is 0 Å². The molecule has 116 valence electrons. The van der Waals surface area contributed by atoms with E-state index in [0.717, 1.165) is 11.8 Å². The lowest BCUT2D eigenvalue weighted by Crippen LogP contribution is -2.43. The molecule has 3 nitrogen and oxygen atoms in total. The first-order valence-electron chi connectivity index (χ1n) is 8.88. The number of nitrogens with zero attached hydrogens (tertiary/aromatic N) is 1. The van der Waals surface area contributed by atoms with E-state index in [2.05, 4.69) is 4.90 Å². The van der Waals surface area contributed by atoms with Crippen LogP contribution in [0.15, 0.2) is 12.1 Å². The van der Waals surface area contributed by atoms with Crippen LogP contribution in [0, 0.1) is 11.8 Å². The Bertz CT molecular complexity index is 608. The predicted molar refractivity (Wildman–Crippen MR) is 85.8 cm³/mol. The van der Waals surface area contributed by atoms with Crippen LogP contribution in [0.5, 0.6) is 0 Å². The maximum absolute atomic E-state index is 11.6. The van der Waals surface area contributed by atoms with Gasteiger partial charge in [0, 0.05) is 18.8 Å². The second-order valence-corrected chi connectivity index (χ2v) is 7.81. The molecule has 1 aromatic carbocycles. The van der Waals surface area contributed by atoms with Crippen LogP contribution >= 0.6 is 0 Å². The number of rotatable bonds is 1. The summed E-state index contributed by atoms with van der Waals surface area (Å²) < 4.78 is 0. The second-order valence-electron chi connectivity index (χ2n) is 7.81. The summed E-state index contributed by atoms with van der Waals surface area (Å²) in [4.78, 5) is 14.2. The molecule has 4 atom stereocenters. The van der Waals surface area contributed by atoms with Crippen molar-refractivity contribution in [2.75, 3.05) is 18.0 Å². The highest BCUT2D eigenvalue weighted by molar-refractivity contribution is 5.90. The van der Waals surface area contributed by atoms with E-state index in [0.29, 0.717) is 17.4 Å². The molecule has 3 heteroatoms. The summed E-state index contributed by atoms with van der Waals surface area (Å²) in [6.07, 6.45) is 7.76. The third-order valence-corrected chi connectivity index (χ3v) is 6.76. The molecule has 2 saturated carbocycles. The first-order valence-corrected chi connectivity index (χ1v) is 8.88. The van der Waals surface area contributed by atoms with Crippen LogP contribution in [0.2, 0.25) is 0 Å². The Morgan fingerprint density at radius 1 is 0.955 bits per heavy atom. The van der Waals surface area contributed by atoms with Crippen molar-refractivity contribution in [1.82, 2.24) is 0 Å². The van der Waals surface area contributed by atoms with Gasteiger partial charge in [0.2, 0.25) is 0 Å². The lowest BCUT2D eigenvalue weighted by molar-refractivity contribution is 0.0696. The normalized spacial score (nSPS) is 35.0. The van der Waals surface area contributed by atoms with Crippen molar-refractivity contribution < 1.29 is 9.90 Å². The van der Waals surface area contributed by atoms with Gasteiger partial charge in [0.15, 0.2) is 0 Å². The summed E-state index contributed by atoms with van der Waals surface area (Å²) in [5.74, 6) is 1.97. The molecule has 0 saturated heterocycles. The summed E-state index contributed by atoms with van der Waals surface area (Å²) in [5, 5.41) is 9.56. The van der Waals surface area contributed by atoms with Gasteiger partial charge < -0.3 is 10.0 Å². The number of carboxylic acid groups (broad SMARTS) is 1. The van der Waals surface area contributed by atoms with Crippen molar-refractivity contribution in [2.45, 2.75) is 50.4 Å². The molecule has 0 unspecified atom stereocenters. The molecule has 2 heterocycles. The molecule has 2 aliphatic carbocycles. The zero-order valence-corrected chi connectivity index (χ0v) is 12.9. The third-order valence-electron chi connectivity index (χ3n) is 6.76. The van der Waals surface area contributed by atoms with E-state index in [1.165, 1.54) is 68.4 Å². The highest BCUT2D eigenvalue weighted by atomic mass is 16.4.